The molecule has 18 heavy (non-hydrogen) atoms. The van der Waals surface area contributed by atoms with Gasteiger partial charge in [0.2, 0.25) is 0 Å². The van der Waals surface area contributed by atoms with Crippen LogP contribution in [0.3, 0.4) is 0 Å². The average Bonchev–Trinajstić information content (AvgIpc) is 2.74. The van der Waals surface area contributed by atoms with Gasteiger partial charge in [0.1, 0.15) is 0 Å². The molecule has 4 nitrogen and oxygen atoms in total. The van der Waals surface area contributed by atoms with Crippen molar-refractivity contribution >= 4 is 0 Å². The minimum Gasteiger partial charge on any atom is -0.379 e. The van der Waals surface area contributed by atoms with Crippen molar-refractivity contribution in [1.29, 1.82) is 0 Å². The number of aryl methyl sites for hydroxylation is 1. The van der Waals surface area contributed by atoms with Crippen LogP contribution < -0.4 is 5.32 Å². The van der Waals surface area contributed by atoms with Crippen molar-refractivity contribution in [3.63, 3.8) is 0 Å². The summed E-state index contributed by atoms with van der Waals surface area (Å²) in [6, 6.07) is 2.25. The summed E-state index contributed by atoms with van der Waals surface area (Å²) in [5.41, 5.74) is 1.27. The Kier molecular flexibility index (Phi) is 5.35. The molecule has 104 valence electrons. The summed E-state index contributed by atoms with van der Waals surface area (Å²) < 4.78 is 7.78. The van der Waals surface area contributed by atoms with Crippen LogP contribution in [0.1, 0.15) is 46.4 Å². The van der Waals surface area contributed by atoms with Gasteiger partial charge < -0.3 is 10.1 Å². The van der Waals surface area contributed by atoms with Crippen LogP contribution in [-0.2, 0) is 11.3 Å². The van der Waals surface area contributed by atoms with Gasteiger partial charge in [-0.25, -0.2) is 0 Å². The summed E-state index contributed by atoms with van der Waals surface area (Å²) >= 11 is 0. The van der Waals surface area contributed by atoms with Gasteiger partial charge in [-0.15, -0.1) is 0 Å². The topological polar surface area (TPSA) is 39.1 Å². The van der Waals surface area contributed by atoms with Crippen LogP contribution in [0.25, 0.3) is 0 Å². The number of rotatable bonds is 6. The Labute approximate surface area is 111 Å². The van der Waals surface area contributed by atoms with Gasteiger partial charge >= 0.3 is 0 Å². The first-order chi connectivity index (χ1) is 8.45. The highest BCUT2D eigenvalue weighted by atomic mass is 16.5. The summed E-state index contributed by atoms with van der Waals surface area (Å²) in [5.74, 6) is 0. The second-order valence-electron chi connectivity index (χ2n) is 5.63. The molecule has 0 bridgehead atoms. The number of aromatic nitrogens is 2. The maximum Gasteiger partial charge on any atom is 0.0829 e. The Morgan fingerprint density at radius 1 is 1.39 bits per heavy atom. The van der Waals surface area contributed by atoms with E-state index in [9.17, 15) is 0 Å². The van der Waals surface area contributed by atoms with E-state index in [1.165, 1.54) is 5.69 Å². The van der Waals surface area contributed by atoms with Crippen LogP contribution in [0.15, 0.2) is 12.3 Å². The monoisotopic (exact) mass is 253 g/mol. The van der Waals surface area contributed by atoms with E-state index < -0.39 is 0 Å². The molecule has 0 spiro atoms. The molecule has 1 aromatic heterocycles. The third-order valence-corrected chi connectivity index (χ3v) is 3.20. The van der Waals surface area contributed by atoms with Gasteiger partial charge in [0, 0.05) is 19.9 Å². The van der Waals surface area contributed by atoms with Crippen molar-refractivity contribution in [3.8, 4) is 0 Å². The van der Waals surface area contributed by atoms with Gasteiger partial charge in [-0.05, 0) is 24.9 Å². The molecule has 4 heteroatoms. The van der Waals surface area contributed by atoms with Crippen LogP contribution in [0.2, 0.25) is 0 Å². The summed E-state index contributed by atoms with van der Waals surface area (Å²) in [4.78, 5) is 0. The smallest absolute Gasteiger partial charge is 0.0829 e. The van der Waals surface area contributed by atoms with E-state index in [0.29, 0.717) is 0 Å². The van der Waals surface area contributed by atoms with Crippen molar-refractivity contribution < 1.29 is 4.74 Å². The predicted molar refractivity (Wildman–Crippen MR) is 74.6 cm³/mol. The lowest BCUT2D eigenvalue weighted by Crippen LogP contribution is -2.42. The van der Waals surface area contributed by atoms with Crippen LogP contribution in [0, 0.1) is 5.41 Å². The minimum absolute atomic E-state index is 0.0738. The molecule has 0 radical (unpaired) electrons. The molecule has 2 unspecified atom stereocenters. The highest BCUT2D eigenvalue weighted by Crippen LogP contribution is 2.32. The largest absolute Gasteiger partial charge is 0.379 e. The Balaban J connectivity index is 3.08. The zero-order valence-electron chi connectivity index (χ0n) is 12.5. The highest BCUT2D eigenvalue weighted by molar-refractivity contribution is 5.11. The van der Waals surface area contributed by atoms with Crippen LogP contribution >= 0.6 is 0 Å². The van der Waals surface area contributed by atoms with E-state index in [1.54, 1.807) is 7.11 Å². The van der Waals surface area contributed by atoms with Gasteiger partial charge in [-0.3, -0.25) is 4.68 Å². The van der Waals surface area contributed by atoms with E-state index in [0.717, 1.165) is 13.1 Å². The van der Waals surface area contributed by atoms with Gasteiger partial charge in [-0.1, -0.05) is 27.7 Å². The van der Waals surface area contributed by atoms with Crippen LogP contribution in [0.4, 0.5) is 0 Å². The van der Waals surface area contributed by atoms with Gasteiger partial charge in [0.15, 0.2) is 0 Å². The Bertz CT molecular complexity index is 354. The zero-order valence-corrected chi connectivity index (χ0v) is 12.5. The first kappa shape index (κ1) is 15.2. The van der Waals surface area contributed by atoms with Crippen molar-refractivity contribution in [2.45, 2.75) is 53.3 Å². The van der Waals surface area contributed by atoms with E-state index in [4.69, 9.17) is 4.74 Å². The Morgan fingerprint density at radius 3 is 2.50 bits per heavy atom. The molecule has 1 rings (SSSR count). The average molecular weight is 253 g/mol. The first-order valence-corrected chi connectivity index (χ1v) is 6.73. The van der Waals surface area contributed by atoms with Crippen molar-refractivity contribution in [3.05, 3.63) is 18.0 Å². The van der Waals surface area contributed by atoms with Crippen molar-refractivity contribution in [1.82, 2.24) is 15.1 Å². The standard InChI is InChI=1S/C14H27N3O/c1-7-15-12(13(18-6)14(3,4)5)11-9-10-16-17(11)8-2/h9-10,12-13,15H,7-8H2,1-6H3. The number of hydrogen-bond acceptors (Lipinski definition) is 3. The lowest BCUT2D eigenvalue weighted by molar-refractivity contribution is -0.0136. The molecule has 0 aliphatic rings. The van der Waals surface area contributed by atoms with E-state index >= 15 is 0 Å². The molecule has 1 aromatic rings. The van der Waals surface area contributed by atoms with E-state index in [1.807, 2.05) is 10.9 Å². The van der Waals surface area contributed by atoms with Crippen LogP contribution in [-0.4, -0.2) is 29.5 Å². The Hall–Kier alpha value is -0.870. The molecular weight excluding hydrogens is 226 g/mol. The molecule has 0 amide bonds. The normalized spacial score (nSPS) is 15.7. The molecule has 0 fully saturated rings. The third-order valence-electron chi connectivity index (χ3n) is 3.20. The molecular formula is C14H27N3O. The summed E-state index contributed by atoms with van der Waals surface area (Å²) in [6.45, 7) is 12.6. The fourth-order valence-electron chi connectivity index (χ4n) is 2.45. The number of ether oxygens (including phenoxy) is 1. The molecule has 0 saturated carbocycles. The minimum atomic E-state index is 0.0738. The number of nitrogens with one attached hydrogen (secondary N) is 1. The van der Waals surface area contributed by atoms with Gasteiger partial charge in [-0.2, -0.15) is 5.10 Å². The van der Waals surface area contributed by atoms with Crippen LogP contribution in [0.5, 0.6) is 0 Å². The molecule has 0 saturated heterocycles. The third kappa shape index (κ3) is 3.33. The summed E-state index contributed by atoms with van der Waals surface area (Å²) in [5, 5.41) is 7.89. The van der Waals surface area contributed by atoms with Gasteiger partial charge in [0.25, 0.3) is 0 Å². The number of likely N-dealkylation sites (N-methyl/N-ethyl adjacent to an activating group) is 1. The SMILES string of the molecule is CCNC(c1ccnn1CC)C(OC)C(C)(C)C. The molecule has 0 aliphatic heterocycles. The van der Waals surface area contributed by atoms with Gasteiger partial charge in [0.05, 0.1) is 17.8 Å². The highest BCUT2D eigenvalue weighted by Gasteiger charge is 2.34. The summed E-state index contributed by atoms with van der Waals surface area (Å²) in [6.07, 6.45) is 1.97. The second kappa shape index (κ2) is 6.34. The molecule has 0 aromatic carbocycles. The lowest BCUT2D eigenvalue weighted by atomic mass is 9.83. The second-order valence-corrected chi connectivity index (χ2v) is 5.63. The van der Waals surface area contributed by atoms with Crippen molar-refractivity contribution in [2.75, 3.05) is 13.7 Å². The predicted octanol–water partition coefficient (Wildman–Crippen LogP) is 2.61. The quantitative estimate of drug-likeness (QED) is 0.847. The fraction of sp³-hybridized carbons (Fsp3) is 0.786. The molecule has 1 heterocycles. The van der Waals surface area contributed by atoms with E-state index in [-0.39, 0.29) is 17.6 Å². The molecule has 1 N–H and O–H groups in total. The number of nitrogens with zero attached hydrogens (tertiary/aromatic N) is 2. The lowest BCUT2D eigenvalue weighted by Gasteiger charge is -2.36. The maximum atomic E-state index is 5.75. The molecule has 0 aliphatic carbocycles. The molecule has 2 atom stereocenters. The Morgan fingerprint density at radius 2 is 2.06 bits per heavy atom. The van der Waals surface area contributed by atoms with Crippen molar-refractivity contribution in [2.24, 2.45) is 5.41 Å². The number of hydrogen-bond donors (Lipinski definition) is 1. The fourth-order valence-corrected chi connectivity index (χ4v) is 2.45. The summed E-state index contributed by atoms with van der Waals surface area (Å²) in [7, 11) is 1.78. The van der Waals surface area contributed by atoms with E-state index in [2.05, 4.69) is 51.1 Å². The first-order valence-electron chi connectivity index (χ1n) is 6.73. The number of methoxy groups -OCH3 is 1. The zero-order chi connectivity index (χ0) is 13.8. The maximum absolute atomic E-state index is 5.75.